The molecule has 0 amide bonds. The first-order chi connectivity index (χ1) is 8.74. The lowest BCUT2D eigenvalue weighted by Crippen LogP contribution is -2.21. The first kappa shape index (κ1) is 13.0. The maximum Gasteiger partial charge on any atom is 0.137 e. The predicted octanol–water partition coefficient (Wildman–Crippen LogP) is 2.55. The highest BCUT2D eigenvalue weighted by Gasteiger charge is 2.16. The van der Waals surface area contributed by atoms with Gasteiger partial charge in [-0.25, -0.2) is 4.98 Å². The van der Waals surface area contributed by atoms with Gasteiger partial charge in [0.05, 0.1) is 24.4 Å². The normalized spacial score (nSPS) is 12.4. The summed E-state index contributed by atoms with van der Waals surface area (Å²) >= 11 is 1.70. The van der Waals surface area contributed by atoms with Crippen molar-refractivity contribution in [3.05, 3.63) is 40.1 Å². The zero-order chi connectivity index (χ0) is 13.0. The number of methoxy groups -OCH3 is 1. The van der Waals surface area contributed by atoms with E-state index < -0.39 is 0 Å². The third kappa shape index (κ3) is 2.86. The summed E-state index contributed by atoms with van der Waals surface area (Å²) in [6, 6.07) is 2.14. The van der Waals surface area contributed by atoms with Crippen LogP contribution in [0.1, 0.15) is 28.4 Å². The number of nitrogens with zero attached hydrogens (tertiary/aromatic N) is 2. The Balaban J connectivity index is 2.34. The Morgan fingerprint density at radius 1 is 1.39 bits per heavy atom. The van der Waals surface area contributed by atoms with E-state index >= 15 is 0 Å². The first-order valence-electron chi connectivity index (χ1n) is 5.89. The molecule has 5 heteroatoms. The molecule has 1 N–H and O–H groups in total. The highest BCUT2D eigenvalue weighted by atomic mass is 32.1. The quantitative estimate of drug-likeness (QED) is 0.900. The Kier molecular flexibility index (Phi) is 4.28. The summed E-state index contributed by atoms with van der Waals surface area (Å²) in [5.74, 6) is 0.775. The molecule has 2 rings (SSSR count). The van der Waals surface area contributed by atoms with Gasteiger partial charge in [0.1, 0.15) is 5.75 Å². The molecule has 96 valence electrons. The van der Waals surface area contributed by atoms with E-state index in [9.17, 15) is 0 Å². The van der Waals surface area contributed by atoms with Crippen LogP contribution in [0.5, 0.6) is 5.75 Å². The largest absolute Gasteiger partial charge is 0.495 e. The molecule has 0 radical (unpaired) electrons. The van der Waals surface area contributed by atoms with Crippen LogP contribution in [-0.4, -0.2) is 23.6 Å². The molecule has 18 heavy (non-hydrogen) atoms. The van der Waals surface area contributed by atoms with Crippen LogP contribution in [0.25, 0.3) is 0 Å². The molecule has 0 bridgehead atoms. The molecular weight excluding hydrogens is 246 g/mol. The van der Waals surface area contributed by atoms with Crippen molar-refractivity contribution >= 4 is 11.3 Å². The molecule has 0 aliphatic heterocycles. The van der Waals surface area contributed by atoms with Gasteiger partial charge in [0.2, 0.25) is 0 Å². The Labute approximate surface area is 111 Å². The van der Waals surface area contributed by atoms with Crippen molar-refractivity contribution in [2.45, 2.75) is 19.9 Å². The van der Waals surface area contributed by atoms with Gasteiger partial charge in [-0.05, 0) is 25.1 Å². The highest BCUT2D eigenvalue weighted by molar-refractivity contribution is 7.11. The van der Waals surface area contributed by atoms with Gasteiger partial charge >= 0.3 is 0 Å². The number of hydrogen-bond acceptors (Lipinski definition) is 5. The van der Waals surface area contributed by atoms with E-state index in [1.807, 2.05) is 25.4 Å². The van der Waals surface area contributed by atoms with E-state index in [1.54, 1.807) is 24.6 Å². The van der Waals surface area contributed by atoms with Crippen LogP contribution < -0.4 is 10.1 Å². The molecule has 2 aromatic heterocycles. The maximum absolute atomic E-state index is 5.22. The lowest BCUT2D eigenvalue weighted by Gasteiger charge is -2.16. The van der Waals surface area contributed by atoms with Gasteiger partial charge in [-0.15, -0.1) is 11.3 Å². The summed E-state index contributed by atoms with van der Waals surface area (Å²) in [6.45, 7) is 4.99. The molecule has 4 nitrogen and oxygen atoms in total. The minimum atomic E-state index is 0.129. The Morgan fingerprint density at radius 2 is 2.22 bits per heavy atom. The van der Waals surface area contributed by atoms with Crippen LogP contribution in [0.4, 0.5) is 0 Å². The van der Waals surface area contributed by atoms with Crippen molar-refractivity contribution in [2.75, 3.05) is 13.7 Å². The molecule has 2 aromatic rings. The summed E-state index contributed by atoms with van der Waals surface area (Å²) in [5, 5.41) is 4.53. The summed E-state index contributed by atoms with van der Waals surface area (Å²) in [7, 11) is 1.65. The zero-order valence-corrected chi connectivity index (χ0v) is 11.6. The molecule has 0 fully saturated rings. The molecule has 2 heterocycles. The van der Waals surface area contributed by atoms with Gasteiger partial charge in [-0.2, -0.15) is 0 Å². The molecule has 1 unspecified atom stereocenters. The number of pyridine rings is 1. The average molecular weight is 263 g/mol. The van der Waals surface area contributed by atoms with E-state index in [0.29, 0.717) is 0 Å². The number of rotatable bonds is 5. The van der Waals surface area contributed by atoms with Crippen molar-refractivity contribution in [3.8, 4) is 5.75 Å². The van der Waals surface area contributed by atoms with Crippen molar-refractivity contribution in [3.63, 3.8) is 0 Å². The Morgan fingerprint density at radius 3 is 2.83 bits per heavy atom. The van der Waals surface area contributed by atoms with Gasteiger partial charge in [-0.3, -0.25) is 4.98 Å². The monoisotopic (exact) mass is 263 g/mol. The summed E-state index contributed by atoms with van der Waals surface area (Å²) < 4.78 is 5.22. The lowest BCUT2D eigenvalue weighted by molar-refractivity contribution is 0.411. The van der Waals surface area contributed by atoms with Crippen LogP contribution >= 0.6 is 11.3 Å². The molecule has 0 aromatic carbocycles. The summed E-state index contributed by atoms with van der Waals surface area (Å²) in [4.78, 5) is 9.72. The molecule has 0 spiro atoms. The second-order valence-electron chi connectivity index (χ2n) is 3.93. The molecular formula is C13H17N3OS. The lowest BCUT2D eigenvalue weighted by atomic mass is 10.1. The van der Waals surface area contributed by atoms with Gasteiger partial charge in [0, 0.05) is 17.3 Å². The highest BCUT2D eigenvalue weighted by Crippen LogP contribution is 2.28. The van der Waals surface area contributed by atoms with Crippen LogP contribution in [0.3, 0.4) is 0 Å². The Bertz CT molecular complexity index is 512. The molecule has 0 saturated heterocycles. The Hall–Kier alpha value is -1.46. The fourth-order valence-electron chi connectivity index (χ4n) is 1.80. The van der Waals surface area contributed by atoms with Gasteiger partial charge < -0.3 is 10.1 Å². The molecule has 1 atom stereocenters. The predicted molar refractivity (Wildman–Crippen MR) is 73.2 cm³/mol. The number of nitrogens with one attached hydrogen (secondary N) is 1. The smallest absolute Gasteiger partial charge is 0.137 e. The van der Waals surface area contributed by atoms with Gasteiger partial charge in [-0.1, -0.05) is 6.92 Å². The minimum Gasteiger partial charge on any atom is -0.495 e. The number of thiazole rings is 1. The minimum absolute atomic E-state index is 0.129. The van der Waals surface area contributed by atoms with Crippen LogP contribution in [-0.2, 0) is 0 Å². The molecule has 0 aliphatic carbocycles. The number of ether oxygens (including phenoxy) is 1. The number of aromatic nitrogens is 2. The standard InChI is InChI=1S/C13H17N3OS/c1-4-15-13(12-8-16-9(2)18-12)10-5-11(17-3)7-14-6-10/h5-8,13,15H,4H2,1-3H3. The molecule has 0 aliphatic rings. The SMILES string of the molecule is CCNC(c1cncc(OC)c1)c1cnc(C)s1. The number of hydrogen-bond donors (Lipinski definition) is 1. The number of aryl methyl sites for hydroxylation is 1. The van der Waals surface area contributed by atoms with Crippen molar-refractivity contribution < 1.29 is 4.74 Å². The van der Waals surface area contributed by atoms with Crippen molar-refractivity contribution in [2.24, 2.45) is 0 Å². The molecule has 0 saturated carbocycles. The fraction of sp³-hybridized carbons (Fsp3) is 0.385. The van der Waals surface area contributed by atoms with E-state index in [0.717, 1.165) is 22.9 Å². The van der Waals surface area contributed by atoms with E-state index in [4.69, 9.17) is 4.74 Å². The van der Waals surface area contributed by atoms with Gasteiger partial charge in [0.25, 0.3) is 0 Å². The third-order valence-electron chi connectivity index (χ3n) is 2.64. The maximum atomic E-state index is 5.22. The second kappa shape index (κ2) is 5.93. The van der Waals surface area contributed by atoms with E-state index in [1.165, 1.54) is 4.88 Å². The van der Waals surface area contributed by atoms with Crippen LogP contribution in [0, 0.1) is 6.92 Å². The van der Waals surface area contributed by atoms with Gasteiger partial charge in [0.15, 0.2) is 0 Å². The van der Waals surface area contributed by atoms with Crippen LogP contribution in [0.2, 0.25) is 0 Å². The topological polar surface area (TPSA) is 47.0 Å². The van der Waals surface area contributed by atoms with Crippen molar-refractivity contribution in [1.29, 1.82) is 0 Å². The third-order valence-corrected chi connectivity index (χ3v) is 3.61. The van der Waals surface area contributed by atoms with E-state index in [-0.39, 0.29) is 6.04 Å². The average Bonchev–Trinajstić information content (AvgIpc) is 2.82. The summed E-state index contributed by atoms with van der Waals surface area (Å²) in [5.41, 5.74) is 1.10. The second-order valence-corrected chi connectivity index (χ2v) is 5.20. The zero-order valence-electron chi connectivity index (χ0n) is 10.8. The summed E-state index contributed by atoms with van der Waals surface area (Å²) in [6.07, 6.45) is 5.50. The van der Waals surface area contributed by atoms with Crippen molar-refractivity contribution in [1.82, 2.24) is 15.3 Å². The van der Waals surface area contributed by atoms with Crippen LogP contribution in [0.15, 0.2) is 24.7 Å². The first-order valence-corrected chi connectivity index (χ1v) is 6.71. The van der Waals surface area contributed by atoms with E-state index in [2.05, 4.69) is 22.2 Å². The fourth-order valence-corrected chi connectivity index (χ4v) is 2.69.